The monoisotopic (exact) mass is 336 g/mol. The van der Waals surface area contributed by atoms with Gasteiger partial charge >= 0.3 is 0 Å². The van der Waals surface area contributed by atoms with Gasteiger partial charge in [-0.15, -0.1) is 0 Å². The Hall–Kier alpha value is -1.11. The van der Waals surface area contributed by atoms with Crippen LogP contribution in [0.25, 0.3) is 0 Å². The van der Waals surface area contributed by atoms with Crippen LogP contribution in [-0.2, 0) is 9.47 Å². The molecule has 0 spiro atoms. The van der Waals surface area contributed by atoms with E-state index >= 15 is 0 Å². The lowest BCUT2D eigenvalue weighted by Crippen LogP contribution is -2.22. The van der Waals surface area contributed by atoms with Gasteiger partial charge < -0.3 is 14.2 Å². The first-order valence-electron chi connectivity index (χ1n) is 8.08. The Bertz CT molecular complexity index is 526. The molecule has 0 saturated carbocycles. The molecule has 0 atom stereocenters. The first-order valence-corrected chi connectivity index (χ1v) is 11.8. The fourth-order valence-corrected chi connectivity index (χ4v) is 2.92. The highest BCUT2D eigenvalue weighted by molar-refractivity contribution is 6.76. The maximum absolute atomic E-state index is 12.3. The van der Waals surface area contributed by atoms with E-state index in [4.69, 9.17) is 14.2 Å². The number of aryl methyl sites for hydroxylation is 1. The van der Waals surface area contributed by atoms with Gasteiger partial charge in [0.2, 0.25) is 0 Å². The molecule has 0 N–H and O–H groups in total. The van der Waals surface area contributed by atoms with Crippen LogP contribution in [0.3, 0.4) is 0 Å². The highest BCUT2D eigenvalue weighted by Crippen LogP contribution is 2.17. The molecule has 0 saturated heterocycles. The number of hydrogen-bond acceptors (Lipinski definition) is 4. The van der Waals surface area contributed by atoms with E-state index in [-0.39, 0.29) is 12.6 Å². The highest BCUT2D eigenvalue weighted by Gasteiger charge is 2.13. The molecule has 6 heteroatoms. The smallest absolute Gasteiger partial charge is 0.164 e. The molecule has 0 bridgehead atoms. The maximum atomic E-state index is 12.3. The van der Waals surface area contributed by atoms with Crippen molar-refractivity contribution in [3.63, 3.8) is 0 Å². The number of ketones is 1. The van der Waals surface area contributed by atoms with Crippen LogP contribution in [0.1, 0.15) is 22.3 Å². The number of carbonyl (C=O) groups is 1. The van der Waals surface area contributed by atoms with Gasteiger partial charge in [-0.3, -0.25) is 4.79 Å². The largest absolute Gasteiger partial charge is 0.497 e. The molecular formula is C17H29BO4Si. The molecule has 0 amide bonds. The van der Waals surface area contributed by atoms with Gasteiger partial charge in [0.1, 0.15) is 20.4 Å². The number of rotatable bonds is 10. The first kappa shape index (κ1) is 19.9. The summed E-state index contributed by atoms with van der Waals surface area (Å²) < 4.78 is 16.1. The molecule has 1 aromatic carbocycles. The zero-order valence-corrected chi connectivity index (χ0v) is 16.3. The van der Waals surface area contributed by atoms with Crippen LogP contribution in [0.15, 0.2) is 12.1 Å². The third kappa shape index (κ3) is 7.33. The quantitative estimate of drug-likeness (QED) is 0.284. The molecule has 0 unspecified atom stereocenters. The molecule has 4 nitrogen and oxygen atoms in total. The lowest BCUT2D eigenvalue weighted by molar-refractivity contribution is -0.0484. The molecule has 0 aliphatic carbocycles. The summed E-state index contributed by atoms with van der Waals surface area (Å²) >= 11 is 0. The van der Waals surface area contributed by atoms with Crippen LogP contribution in [0.2, 0.25) is 25.7 Å². The van der Waals surface area contributed by atoms with Gasteiger partial charge in [-0.25, -0.2) is 0 Å². The van der Waals surface area contributed by atoms with Crippen molar-refractivity contribution in [3.8, 4) is 5.75 Å². The normalized spacial score (nSPS) is 11.5. The second-order valence-electron chi connectivity index (χ2n) is 7.05. The summed E-state index contributed by atoms with van der Waals surface area (Å²) in [4.78, 5) is 12.3. The molecule has 0 radical (unpaired) electrons. The summed E-state index contributed by atoms with van der Waals surface area (Å²) in [6.07, 6.45) is 0.365. The summed E-state index contributed by atoms with van der Waals surface area (Å²) in [5.41, 5.74) is 2.65. The average Bonchev–Trinajstić information content (AvgIpc) is 2.46. The summed E-state index contributed by atoms with van der Waals surface area (Å²) in [6, 6.07) is 4.92. The van der Waals surface area contributed by atoms with Crippen LogP contribution < -0.4 is 10.2 Å². The number of hydrogen-bond donors (Lipinski definition) is 0. The number of benzene rings is 1. The molecule has 0 aliphatic rings. The van der Waals surface area contributed by atoms with Crippen molar-refractivity contribution in [2.75, 3.05) is 27.1 Å². The molecule has 0 aliphatic heterocycles. The Morgan fingerprint density at radius 1 is 1.17 bits per heavy atom. The minimum Gasteiger partial charge on any atom is -0.497 e. The third-order valence-electron chi connectivity index (χ3n) is 3.68. The van der Waals surface area contributed by atoms with Crippen molar-refractivity contribution < 1.29 is 19.0 Å². The van der Waals surface area contributed by atoms with Gasteiger partial charge in [-0.1, -0.05) is 25.1 Å². The summed E-state index contributed by atoms with van der Waals surface area (Å²) in [5, 5.41) is 0. The molecule has 0 aromatic heterocycles. The number of Topliss-reactive ketones (excluding diaryl/α,β-unsaturated/α-hetero) is 1. The van der Waals surface area contributed by atoms with Crippen molar-refractivity contribution in [1.82, 2.24) is 0 Å². The van der Waals surface area contributed by atoms with Crippen molar-refractivity contribution in [2.24, 2.45) is 0 Å². The summed E-state index contributed by atoms with van der Waals surface area (Å²) in [7, 11) is 2.51. The lowest BCUT2D eigenvalue weighted by Gasteiger charge is -2.15. The van der Waals surface area contributed by atoms with Gasteiger partial charge in [0.25, 0.3) is 0 Å². The first-order chi connectivity index (χ1) is 10.7. The van der Waals surface area contributed by atoms with Crippen molar-refractivity contribution in [2.45, 2.75) is 39.0 Å². The maximum Gasteiger partial charge on any atom is 0.164 e. The van der Waals surface area contributed by atoms with E-state index in [0.29, 0.717) is 13.0 Å². The van der Waals surface area contributed by atoms with Crippen molar-refractivity contribution >= 4 is 27.2 Å². The zero-order valence-electron chi connectivity index (χ0n) is 15.3. The molecular weight excluding hydrogens is 307 g/mol. The van der Waals surface area contributed by atoms with Crippen molar-refractivity contribution in [3.05, 3.63) is 23.3 Å². The minimum absolute atomic E-state index is 0.0929. The van der Waals surface area contributed by atoms with E-state index < -0.39 is 8.07 Å². The molecule has 1 rings (SSSR count). The topological polar surface area (TPSA) is 44.8 Å². The summed E-state index contributed by atoms with van der Waals surface area (Å²) in [5.74, 6) is 0.904. The predicted molar refractivity (Wildman–Crippen MR) is 99.8 cm³/mol. The Labute approximate surface area is 141 Å². The van der Waals surface area contributed by atoms with Gasteiger partial charge in [0, 0.05) is 26.7 Å². The van der Waals surface area contributed by atoms with Crippen LogP contribution in [-0.4, -0.2) is 48.8 Å². The Morgan fingerprint density at radius 2 is 1.83 bits per heavy atom. The van der Waals surface area contributed by atoms with Crippen LogP contribution in [0, 0.1) is 6.92 Å². The predicted octanol–water partition coefficient (Wildman–Crippen LogP) is 2.16. The zero-order chi connectivity index (χ0) is 17.5. The van der Waals surface area contributed by atoms with Crippen molar-refractivity contribution in [1.29, 1.82) is 0 Å². The average molecular weight is 336 g/mol. The number of carbonyl (C=O) groups excluding carboxylic acids is 1. The number of methoxy groups -OCH3 is 1. The Kier molecular flexibility index (Phi) is 8.02. The van der Waals surface area contributed by atoms with E-state index in [2.05, 4.69) is 19.6 Å². The van der Waals surface area contributed by atoms with E-state index in [1.165, 1.54) is 0 Å². The second-order valence-corrected chi connectivity index (χ2v) is 12.7. The molecule has 128 valence electrons. The van der Waals surface area contributed by atoms with Gasteiger partial charge in [0.05, 0.1) is 13.7 Å². The number of ether oxygens (including phenoxy) is 3. The highest BCUT2D eigenvalue weighted by atomic mass is 28.3. The summed E-state index contributed by atoms with van der Waals surface area (Å²) in [6.45, 7) is 10.3. The molecule has 0 fully saturated rings. The fraction of sp³-hybridized carbons (Fsp3) is 0.588. The van der Waals surface area contributed by atoms with E-state index in [1.807, 2.05) is 26.9 Å². The van der Waals surface area contributed by atoms with Gasteiger partial charge in [0.15, 0.2) is 5.78 Å². The Balaban J connectivity index is 2.33. The molecule has 0 heterocycles. The van der Waals surface area contributed by atoms with E-state index in [1.54, 1.807) is 7.11 Å². The lowest BCUT2D eigenvalue weighted by atomic mass is 9.86. The fourth-order valence-electron chi connectivity index (χ4n) is 2.16. The Morgan fingerprint density at radius 3 is 2.43 bits per heavy atom. The standard InChI is InChI=1S/C17H29BO4Si/c1-13-10-14(15(18)11-17(13)20-2)16(19)6-7-21-12-22-8-9-23(3,4)5/h10-11H,6-9,12,18H2,1-5H3. The molecule has 23 heavy (non-hydrogen) atoms. The molecule has 1 aromatic rings. The SMILES string of the molecule is Bc1cc(OC)c(C)cc1C(=O)CCOCOCC[Si](C)(C)C. The van der Waals surface area contributed by atoms with Crippen LogP contribution in [0.4, 0.5) is 0 Å². The minimum atomic E-state index is -1.05. The van der Waals surface area contributed by atoms with Gasteiger partial charge in [-0.2, -0.15) is 0 Å². The van der Waals surface area contributed by atoms with Crippen LogP contribution in [0.5, 0.6) is 5.75 Å². The second kappa shape index (κ2) is 9.25. The van der Waals surface area contributed by atoms with E-state index in [0.717, 1.165) is 35.0 Å². The third-order valence-corrected chi connectivity index (χ3v) is 5.38. The van der Waals surface area contributed by atoms with Gasteiger partial charge in [-0.05, 0) is 30.7 Å². The van der Waals surface area contributed by atoms with Crippen LogP contribution >= 0.6 is 0 Å². The van der Waals surface area contributed by atoms with E-state index in [9.17, 15) is 4.79 Å².